The van der Waals surface area contributed by atoms with E-state index >= 15 is 0 Å². The minimum Gasteiger partial charge on any atom is -0.399 e. The zero-order valence-electron chi connectivity index (χ0n) is 11.8. The van der Waals surface area contributed by atoms with Crippen molar-refractivity contribution in [1.82, 2.24) is 9.62 Å². The highest BCUT2D eigenvalue weighted by Gasteiger charge is 2.24. The van der Waals surface area contributed by atoms with Crippen molar-refractivity contribution >= 4 is 27.3 Å². The number of hydrogen-bond acceptors (Lipinski definition) is 4. The van der Waals surface area contributed by atoms with Crippen molar-refractivity contribution in [2.45, 2.75) is 17.7 Å². The summed E-state index contributed by atoms with van der Waals surface area (Å²) < 4.78 is 40.7. The molecule has 5 nitrogen and oxygen atoms in total. The lowest BCUT2D eigenvalue weighted by Crippen LogP contribution is -2.37. The molecule has 0 bridgehead atoms. The van der Waals surface area contributed by atoms with Crippen LogP contribution in [0.5, 0.6) is 0 Å². The van der Waals surface area contributed by atoms with Crippen molar-refractivity contribution in [3.63, 3.8) is 0 Å². The van der Waals surface area contributed by atoms with Gasteiger partial charge in [-0.1, -0.05) is 11.6 Å². The van der Waals surface area contributed by atoms with Crippen molar-refractivity contribution in [2.24, 2.45) is 5.92 Å². The molecule has 1 saturated heterocycles. The van der Waals surface area contributed by atoms with E-state index in [1.165, 1.54) is 6.07 Å². The predicted molar refractivity (Wildman–Crippen MR) is 81.2 cm³/mol. The molecule has 118 valence electrons. The summed E-state index contributed by atoms with van der Waals surface area (Å²) in [4.78, 5) is 1.70. The molecule has 0 aliphatic carbocycles. The molecular formula is C13H19ClFN3O2S. The summed E-state index contributed by atoms with van der Waals surface area (Å²) in [5.74, 6) is -0.711. The Morgan fingerprint density at radius 2 is 2.05 bits per heavy atom. The van der Waals surface area contributed by atoms with Crippen LogP contribution in [-0.2, 0) is 10.0 Å². The number of piperidine rings is 1. The number of nitrogens with two attached hydrogens (primary N) is 1. The number of halogens is 2. The second kappa shape index (κ2) is 6.48. The SMILES string of the molecule is CN1CCC(CNS(=O)(=O)c2cc(N)cc(Cl)c2F)CC1. The van der Waals surface area contributed by atoms with Gasteiger partial charge in [0.1, 0.15) is 4.90 Å². The summed E-state index contributed by atoms with van der Waals surface area (Å²) in [7, 11) is -1.92. The molecule has 1 aromatic rings. The molecule has 0 aromatic heterocycles. The van der Waals surface area contributed by atoms with Crippen LogP contribution in [0.4, 0.5) is 10.1 Å². The van der Waals surface area contributed by atoms with Crippen LogP contribution in [0.15, 0.2) is 17.0 Å². The van der Waals surface area contributed by atoms with Crippen LogP contribution in [0.2, 0.25) is 5.02 Å². The fraction of sp³-hybridized carbons (Fsp3) is 0.538. The number of sulfonamides is 1. The van der Waals surface area contributed by atoms with E-state index in [1.807, 2.05) is 7.05 Å². The van der Waals surface area contributed by atoms with Gasteiger partial charge >= 0.3 is 0 Å². The molecule has 1 aliphatic rings. The highest BCUT2D eigenvalue weighted by Crippen LogP contribution is 2.26. The number of nitrogens with one attached hydrogen (secondary N) is 1. The molecule has 2 rings (SSSR count). The Bertz CT molecular complexity index is 616. The van der Waals surface area contributed by atoms with E-state index in [0.29, 0.717) is 6.54 Å². The molecule has 1 aliphatic heterocycles. The summed E-state index contributed by atoms with van der Waals surface area (Å²) >= 11 is 5.64. The van der Waals surface area contributed by atoms with Crippen LogP contribution in [0, 0.1) is 11.7 Å². The van der Waals surface area contributed by atoms with Gasteiger partial charge in [0, 0.05) is 12.2 Å². The third-order valence-electron chi connectivity index (χ3n) is 3.71. The summed E-state index contributed by atoms with van der Waals surface area (Å²) in [6.45, 7) is 2.16. The smallest absolute Gasteiger partial charge is 0.243 e. The summed E-state index contributed by atoms with van der Waals surface area (Å²) in [6.07, 6.45) is 1.83. The monoisotopic (exact) mass is 335 g/mol. The van der Waals surface area contributed by atoms with Crippen molar-refractivity contribution in [2.75, 3.05) is 32.4 Å². The zero-order chi connectivity index (χ0) is 15.6. The zero-order valence-corrected chi connectivity index (χ0v) is 13.3. The van der Waals surface area contributed by atoms with Crippen LogP contribution in [0.25, 0.3) is 0 Å². The molecule has 0 radical (unpaired) electrons. The van der Waals surface area contributed by atoms with Gasteiger partial charge in [0.05, 0.1) is 5.02 Å². The molecule has 0 amide bonds. The topological polar surface area (TPSA) is 75.4 Å². The standard InChI is InChI=1S/C13H19ClFN3O2S/c1-18-4-2-9(3-5-18)8-17-21(19,20)12-7-10(16)6-11(14)13(12)15/h6-7,9,17H,2-5,8,16H2,1H3. The molecule has 8 heteroatoms. The van der Waals surface area contributed by atoms with Crippen LogP contribution < -0.4 is 10.5 Å². The minimum atomic E-state index is -3.95. The highest BCUT2D eigenvalue weighted by atomic mass is 35.5. The minimum absolute atomic E-state index is 0.112. The maximum Gasteiger partial charge on any atom is 0.243 e. The number of benzene rings is 1. The van der Waals surface area contributed by atoms with Gasteiger partial charge in [-0.2, -0.15) is 0 Å². The van der Waals surface area contributed by atoms with Gasteiger partial charge in [-0.15, -0.1) is 0 Å². The van der Waals surface area contributed by atoms with Crippen LogP contribution >= 0.6 is 11.6 Å². The third-order valence-corrected chi connectivity index (χ3v) is 5.40. The molecular weight excluding hydrogens is 317 g/mol. The summed E-state index contributed by atoms with van der Waals surface area (Å²) in [5, 5.41) is -0.297. The van der Waals surface area contributed by atoms with Gasteiger partial charge in [-0.05, 0) is 51.0 Å². The van der Waals surface area contributed by atoms with E-state index in [-0.39, 0.29) is 16.6 Å². The van der Waals surface area contributed by atoms with E-state index in [4.69, 9.17) is 17.3 Å². The van der Waals surface area contributed by atoms with Crippen molar-refractivity contribution in [3.05, 3.63) is 23.0 Å². The number of likely N-dealkylation sites (tertiary alicyclic amines) is 1. The summed E-state index contributed by atoms with van der Waals surface area (Å²) in [5.41, 5.74) is 5.64. The van der Waals surface area contributed by atoms with E-state index < -0.39 is 20.7 Å². The Kier molecular flexibility index (Phi) is 5.08. The Hall–Kier alpha value is -0.890. The first kappa shape index (κ1) is 16.5. The van der Waals surface area contributed by atoms with Gasteiger partial charge in [0.25, 0.3) is 0 Å². The Morgan fingerprint density at radius 3 is 2.67 bits per heavy atom. The number of anilines is 1. The molecule has 1 aromatic carbocycles. The van der Waals surface area contributed by atoms with Crippen LogP contribution in [0.1, 0.15) is 12.8 Å². The molecule has 0 saturated carbocycles. The molecule has 0 atom stereocenters. The van der Waals surface area contributed by atoms with Crippen molar-refractivity contribution in [3.8, 4) is 0 Å². The van der Waals surface area contributed by atoms with Gasteiger partial charge in [0.15, 0.2) is 5.82 Å². The largest absolute Gasteiger partial charge is 0.399 e. The maximum atomic E-state index is 13.9. The molecule has 21 heavy (non-hydrogen) atoms. The highest BCUT2D eigenvalue weighted by molar-refractivity contribution is 7.89. The van der Waals surface area contributed by atoms with Gasteiger partial charge in [-0.25, -0.2) is 17.5 Å². The van der Waals surface area contributed by atoms with Gasteiger partial charge in [0.2, 0.25) is 10.0 Å². The van der Waals surface area contributed by atoms with Crippen LogP contribution in [-0.4, -0.2) is 40.0 Å². The van der Waals surface area contributed by atoms with E-state index in [1.54, 1.807) is 0 Å². The fourth-order valence-electron chi connectivity index (χ4n) is 2.35. The molecule has 1 heterocycles. The van der Waals surface area contributed by atoms with E-state index in [0.717, 1.165) is 32.0 Å². The lowest BCUT2D eigenvalue weighted by atomic mass is 9.98. The molecule has 0 spiro atoms. The number of nitrogens with zero attached hydrogens (tertiary/aromatic N) is 1. The number of hydrogen-bond donors (Lipinski definition) is 2. The third kappa shape index (κ3) is 4.06. The van der Waals surface area contributed by atoms with Gasteiger partial charge in [-0.3, -0.25) is 0 Å². The van der Waals surface area contributed by atoms with Crippen molar-refractivity contribution in [1.29, 1.82) is 0 Å². The first-order valence-electron chi connectivity index (χ1n) is 6.72. The second-order valence-corrected chi connectivity index (χ2v) is 7.56. The normalized spacial score (nSPS) is 18.0. The molecule has 1 fully saturated rings. The van der Waals surface area contributed by atoms with E-state index in [2.05, 4.69) is 9.62 Å². The van der Waals surface area contributed by atoms with Crippen molar-refractivity contribution < 1.29 is 12.8 Å². The van der Waals surface area contributed by atoms with Gasteiger partial charge < -0.3 is 10.6 Å². The predicted octanol–water partition coefficient (Wildman–Crippen LogP) is 1.68. The number of nitrogen functional groups attached to an aromatic ring is 1. The first-order valence-corrected chi connectivity index (χ1v) is 8.58. The molecule has 0 unspecified atom stereocenters. The second-order valence-electron chi connectivity index (χ2n) is 5.41. The lowest BCUT2D eigenvalue weighted by molar-refractivity contribution is 0.220. The fourth-order valence-corrected chi connectivity index (χ4v) is 3.88. The molecule has 3 N–H and O–H groups in total. The van der Waals surface area contributed by atoms with E-state index in [9.17, 15) is 12.8 Å². The quantitative estimate of drug-likeness (QED) is 0.821. The lowest BCUT2D eigenvalue weighted by Gasteiger charge is -2.28. The Balaban J connectivity index is 2.09. The Morgan fingerprint density at radius 1 is 1.43 bits per heavy atom. The maximum absolute atomic E-state index is 13.9. The summed E-state index contributed by atoms with van der Waals surface area (Å²) in [6, 6.07) is 2.27. The average Bonchev–Trinajstić information content (AvgIpc) is 2.42. The average molecular weight is 336 g/mol. The van der Waals surface area contributed by atoms with Crippen LogP contribution in [0.3, 0.4) is 0 Å². The number of rotatable bonds is 4. The Labute approximate surface area is 129 Å². The first-order chi connectivity index (χ1) is 9.79.